The van der Waals surface area contributed by atoms with Crippen molar-refractivity contribution in [2.24, 2.45) is 0 Å². The van der Waals surface area contributed by atoms with Gasteiger partial charge in [-0.2, -0.15) is 0 Å². The molecule has 0 N–H and O–H groups in total. The van der Waals surface area contributed by atoms with E-state index in [2.05, 4.69) is 0 Å². The number of carbonyl (C=O) groups is 1. The second-order valence-electron chi connectivity index (χ2n) is 6.54. The summed E-state index contributed by atoms with van der Waals surface area (Å²) in [4.78, 5) is 14.1. The maximum atomic E-state index is 12.6. The van der Waals surface area contributed by atoms with Crippen molar-refractivity contribution in [3.8, 4) is 5.75 Å². The Kier molecular flexibility index (Phi) is 5.61. The quantitative estimate of drug-likeness (QED) is 0.827. The van der Waals surface area contributed by atoms with Crippen LogP contribution in [0.3, 0.4) is 0 Å². The van der Waals surface area contributed by atoms with Crippen molar-refractivity contribution < 1.29 is 17.9 Å². The topological polar surface area (TPSA) is 63.7 Å². The van der Waals surface area contributed by atoms with E-state index < -0.39 is 15.1 Å². The molecule has 2 aromatic rings. The van der Waals surface area contributed by atoms with E-state index in [1.54, 1.807) is 11.0 Å². The third kappa shape index (κ3) is 4.43. The molecule has 0 radical (unpaired) electrons. The third-order valence-electron chi connectivity index (χ3n) is 4.62. The number of nitrogens with zero attached hydrogens (tertiary/aromatic N) is 1. The number of benzene rings is 2. The Labute approximate surface area is 154 Å². The van der Waals surface area contributed by atoms with E-state index in [-0.39, 0.29) is 24.8 Å². The first kappa shape index (κ1) is 18.5. The highest BCUT2D eigenvalue weighted by Gasteiger charge is 2.32. The molecule has 3 rings (SSSR count). The van der Waals surface area contributed by atoms with Crippen LogP contribution in [0, 0.1) is 6.92 Å². The van der Waals surface area contributed by atoms with E-state index >= 15 is 0 Å². The van der Waals surface area contributed by atoms with Gasteiger partial charge in [0, 0.05) is 13.1 Å². The van der Waals surface area contributed by atoms with Crippen molar-refractivity contribution in [1.82, 2.24) is 4.90 Å². The van der Waals surface area contributed by atoms with Crippen LogP contribution in [0.2, 0.25) is 0 Å². The summed E-state index contributed by atoms with van der Waals surface area (Å²) in [5, 5.41) is -0.556. The number of rotatable bonds is 4. The minimum absolute atomic E-state index is 0.0251. The summed E-state index contributed by atoms with van der Waals surface area (Å²) in [6.45, 7) is 2.49. The zero-order valence-corrected chi connectivity index (χ0v) is 15.6. The highest BCUT2D eigenvalue weighted by atomic mass is 32.2. The van der Waals surface area contributed by atoms with Crippen LogP contribution in [0.4, 0.5) is 0 Å². The second-order valence-corrected chi connectivity index (χ2v) is 8.84. The van der Waals surface area contributed by atoms with E-state index in [9.17, 15) is 13.2 Å². The van der Waals surface area contributed by atoms with Crippen molar-refractivity contribution in [1.29, 1.82) is 0 Å². The molecule has 0 aromatic heterocycles. The molecule has 138 valence electrons. The number of hydrogen-bond acceptors (Lipinski definition) is 4. The summed E-state index contributed by atoms with van der Waals surface area (Å²) in [6.07, 6.45) is 0.405. The van der Waals surface area contributed by atoms with E-state index in [1.807, 2.05) is 55.5 Å². The van der Waals surface area contributed by atoms with Crippen LogP contribution < -0.4 is 4.74 Å². The fourth-order valence-corrected chi connectivity index (χ4v) is 4.97. The van der Waals surface area contributed by atoms with Gasteiger partial charge >= 0.3 is 0 Å². The Balaban J connectivity index is 1.64. The minimum Gasteiger partial charge on any atom is -0.484 e. The Morgan fingerprint density at radius 1 is 1.12 bits per heavy atom. The number of ether oxygens (including phenoxy) is 1. The fraction of sp³-hybridized carbons (Fsp3) is 0.350. The summed E-state index contributed by atoms with van der Waals surface area (Å²) in [5.74, 6) is 0.432. The molecule has 0 saturated carbocycles. The number of hydrogen-bond donors (Lipinski definition) is 0. The lowest BCUT2D eigenvalue weighted by atomic mass is 10.1. The highest BCUT2D eigenvalue weighted by molar-refractivity contribution is 7.91. The van der Waals surface area contributed by atoms with E-state index in [0.29, 0.717) is 18.7 Å². The summed E-state index contributed by atoms with van der Waals surface area (Å²) in [5.41, 5.74) is 1.85. The van der Waals surface area contributed by atoms with Gasteiger partial charge in [0.15, 0.2) is 16.4 Å². The van der Waals surface area contributed by atoms with Crippen LogP contribution >= 0.6 is 0 Å². The zero-order chi connectivity index (χ0) is 18.6. The molecule has 1 amide bonds. The van der Waals surface area contributed by atoms with Gasteiger partial charge in [0.05, 0.1) is 11.0 Å². The predicted molar refractivity (Wildman–Crippen MR) is 101 cm³/mol. The molecule has 1 aliphatic rings. The standard InChI is InChI=1S/C20H23NO4S/c1-16-6-5-9-18(14-16)25-15-20(22)21-11-10-19(26(23,24)13-12-21)17-7-3-2-4-8-17/h2-9,14,19H,10-13,15H2,1H3. The molecule has 1 fully saturated rings. The normalized spacial score (nSPS) is 19.6. The molecule has 1 heterocycles. The van der Waals surface area contributed by atoms with Crippen molar-refractivity contribution in [2.45, 2.75) is 18.6 Å². The van der Waals surface area contributed by atoms with Crippen molar-refractivity contribution >= 4 is 15.7 Å². The molecule has 0 aliphatic carbocycles. The average molecular weight is 373 g/mol. The minimum atomic E-state index is -3.29. The van der Waals surface area contributed by atoms with Gasteiger partial charge in [0.25, 0.3) is 5.91 Å². The van der Waals surface area contributed by atoms with Crippen LogP contribution in [0.15, 0.2) is 54.6 Å². The maximum absolute atomic E-state index is 12.6. The zero-order valence-electron chi connectivity index (χ0n) is 14.8. The van der Waals surface area contributed by atoms with Gasteiger partial charge in [-0.05, 0) is 36.6 Å². The number of sulfone groups is 1. The maximum Gasteiger partial charge on any atom is 0.260 e. The van der Waals surface area contributed by atoms with Gasteiger partial charge < -0.3 is 9.64 Å². The summed E-state index contributed by atoms with van der Waals surface area (Å²) in [6, 6.07) is 16.7. The Morgan fingerprint density at radius 2 is 1.88 bits per heavy atom. The van der Waals surface area contributed by atoms with Crippen molar-refractivity contribution in [2.75, 3.05) is 25.4 Å². The lowest BCUT2D eigenvalue weighted by molar-refractivity contribution is -0.133. The molecule has 26 heavy (non-hydrogen) atoms. The van der Waals surface area contributed by atoms with Gasteiger partial charge in [-0.3, -0.25) is 4.79 Å². The molecule has 0 bridgehead atoms. The Hall–Kier alpha value is -2.34. The average Bonchev–Trinajstić information content (AvgIpc) is 2.78. The van der Waals surface area contributed by atoms with E-state index in [1.165, 1.54) is 0 Å². The number of amides is 1. The van der Waals surface area contributed by atoms with Crippen LogP contribution in [-0.4, -0.2) is 44.7 Å². The third-order valence-corrected chi connectivity index (χ3v) is 6.74. The summed E-state index contributed by atoms with van der Waals surface area (Å²) >= 11 is 0. The van der Waals surface area contributed by atoms with Gasteiger partial charge in [-0.25, -0.2) is 8.42 Å². The van der Waals surface area contributed by atoms with E-state index in [4.69, 9.17) is 4.74 Å². The first-order chi connectivity index (χ1) is 12.5. The Bertz CT molecular complexity index is 864. The Morgan fingerprint density at radius 3 is 2.62 bits per heavy atom. The monoisotopic (exact) mass is 373 g/mol. The fourth-order valence-electron chi connectivity index (χ4n) is 3.18. The lowest BCUT2D eigenvalue weighted by Crippen LogP contribution is -2.37. The molecule has 0 spiro atoms. The molecule has 6 heteroatoms. The van der Waals surface area contributed by atoms with Crippen molar-refractivity contribution in [3.63, 3.8) is 0 Å². The molecule has 5 nitrogen and oxygen atoms in total. The van der Waals surface area contributed by atoms with Crippen LogP contribution in [-0.2, 0) is 14.6 Å². The van der Waals surface area contributed by atoms with Crippen LogP contribution in [0.25, 0.3) is 0 Å². The molecule has 1 aliphatic heterocycles. The van der Waals surface area contributed by atoms with Crippen LogP contribution in [0.5, 0.6) is 5.75 Å². The summed E-state index contributed by atoms with van der Waals surface area (Å²) < 4.78 is 30.8. The molecule has 1 saturated heterocycles. The number of carbonyl (C=O) groups excluding carboxylic acids is 1. The smallest absolute Gasteiger partial charge is 0.260 e. The summed E-state index contributed by atoms with van der Waals surface area (Å²) in [7, 11) is -3.29. The SMILES string of the molecule is Cc1cccc(OCC(=O)N2CCC(c3ccccc3)S(=O)(=O)CC2)c1. The van der Waals surface area contributed by atoms with Gasteiger partial charge in [-0.1, -0.05) is 42.5 Å². The van der Waals surface area contributed by atoms with Crippen molar-refractivity contribution in [3.05, 3.63) is 65.7 Å². The molecule has 1 unspecified atom stereocenters. The second kappa shape index (κ2) is 7.91. The molecular formula is C20H23NO4S. The lowest BCUT2D eigenvalue weighted by Gasteiger charge is -2.20. The number of aryl methyl sites for hydroxylation is 1. The molecule has 1 atom stereocenters. The molecule has 2 aromatic carbocycles. The molecular weight excluding hydrogens is 350 g/mol. The van der Waals surface area contributed by atoms with E-state index in [0.717, 1.165) is 11.1 Å². The first-order valence-electron chi connectivity index (χ1n) is 8.69. The van der Waals surface area contributed by atoms with Crippen LogP contribution in [0.1, 0.15) is 22.8 Å². The van der Waals surface area contributed by atoms with Gasteiger partial charge in [0.1, 0.15) is 5.75 Å². The van der Waals surface area contributed by atoms with Gasteiger partial charge in [-0.15, -0.1) is 0 Å². The highest BCUT2D eigenvalue weighted by Crippen LogP contribution is 2.29. The largest absolute Gasteiger partial charge is 0.484 e. The predicted octanol–water partition coefficient (Wildman–Crippen LogP) is 2.76. The first-order valence-corrected chi connectivity index (χ1v) is 10.4. The van der Waals surface area contributed by atoms with Gasteiger partial charge in [0.2, 0.25) is 0 Å².